The molecule has 1 amide bonds. The lowest BCUT2D eigenvalue weighted by Gasteiger charge is -2.18. The zero-order valence-corrected chi connectivity index (χ0v) is 24.2. The minimum atomic E-state index is 0.00354. The summed E-state index contributed by atoms with van der Waals surface area (Å²) < 4.78 is 0. The van der Waals surface area contributed by atoms with Gasteiger partial charge in [-0.05, 0) is 82.5 Å². The fourth-order valence-corrected chi connectivity index (χ4v) is 2.17. The van der Waals surface area contributed by atoms with Crippen LogP contribution in [0.1, 0.15) is 89.4 Å². The summed E-state index contributed by atoms with van der Waals surface area (Å²) in [4.78, 5) is 18.0. The van der Waals surface area contributed by atoms with Crippen molar-refractivity contribution in [3.8, 4) is 0 Å². The molecular formula is C31H50N2O. The van der Waals surface area contributed by atoms with Crippen LogP contribution in [0.15, 0.2) is 78.3 Å². The average Bonchev–Trinajstić information content (AvgIpc) is 2.87. The molecular weight excluding hydrogens is 416 g/mol. The number of aryl methyl sites for hydroxylation is 3. The third-order valence-corrected chi connectivity index (χ3v) is 4.65. The first kappa shape index (κ1) is 35.6. The minimum absolute atomic E-state index is 0.00354. The first-order chi connectivity index (χ1) is 16.1. The number of nitrogens with zero attached hydrogens (tertiary/aromatic N) is 2. The van der Waals surface area contributed by atoms with Gasteiger partial charge in [-0.15, -0.1) is 0 Å². The number of aromatic nitrogens is 1. The van der Waals surface area contributed by atoms with Gasteiger partial charge in [-0.2, -0.15) is 0 Å². The van der Waals surface area contributed by atoms with Crippen molar-refractivity contribution < 1.29 is 4.79 Å². The van der Waals surface area contributed by atoms with E-state index in [9.17, 15) is 4.79 Å². The van der Waals surface area contributed by atoms with E-state index in [1.54, 1.807) is 11.9 Å². The summed E-state index contributed by atoms with van der Waals surface area (Å²) in [5.74, 6) is 0.00354. The largest absolute Gasteiger partial charge is 0.316 e. The van der Waals surface area contributed by atoms with Gasteiger partial charge < -0.3 is 4.90 Å². The molecule has 0 unspecified atom stereocenters. The van der Waals surface area contributed by atoms with E-state index in [-0.39, 0.29) is 5.91 Å². The molecule has 0 saturated heterocycles. The van der Waals surface area contributed by atoms with Crippen molar-refractivity contribution >= 4 is 5.91 Å². The Morgan fingerprint density at radius 3 is 1.85 bits per heavy atom. The number of hydrogen-bond acceptors (Lipinski definition) is 2. The molecule has 0 aliphatic rings. The van der Waals surface area contributed by atoms with Crippen LogP contribution in [-0.2, 0) is 0 Å². The van der Waals surface area contributed by atoms with Gasteiger partial charge in [0.05, 0.1) is 0 Å². The van der Waals surface area contributed by atoms with Gasteiger partial charge in [-0.25, -0.2) is 0 Å². The van der Waals surface area contributed by atoms with Gasteiger partial charge in [0.1, 0.15) is 0 Å². The van der Waals surface area contributed by atoms with Crippen LogP contribution in [0.2, 0.25) is 0 Å². The monoisotopic (exact) mass is 466 g/mol. The van der Waals surface area contributed by atoms with E-state index < -0.39 is 0 Å². The smallest absolute Gasteiger partial charge is 0.257 e. The van der Waals surface area contributed by atoms with Crippen LogP contribution >= 0.6 is 0 Å². The molecule has 0 fully saturated rings. The Labute approximate surface area is 211 Å². The summed E-state index contributed by atoms with van der Waals surface area (Å²) >= 11 is 0. The summed E-state index contributed by atoms with van der Waals surface area (Å²) in [6, 6.07) is 9.64. The van der Waals surface area contributed by atoms with Gasteiger partial charge in [0, 0.05) is 30.7 Å². The maximum Gasteiger partial charge on any atom is 0.257 e. The van der Waals surface area contributed by atoms with E-state index in [4.69, 9.17) is 0 Å². The molecule has 34 heavy (non-hydrogen) atoms. The molecule has 0 atom stereocenters. The van der Waals surface area contributed by atoms with Crippen LogP contribution in [0.25, 0.3) is 0 Å². The predicted molar refractivity (Wildman–Crippen MR) is 153 cm³/mol. The topological polar surface area (TPSA) is 33.2 Å². The molecule has 190 valence electrons. The average molecular weight is 467 g/mol. The molecule has 0 N–H and O–H groups in total. The van der Waals surface area contributed by atoms with Crippen molar-refractivity contribution in [2.75, 3.05) is 7.05 Å². The molecule has 1 aromatic heterocycles. The molecule has 0 aliphatic heterocycles. The van der Waals surface area contributed by atoms with Gasteiger partial charge in [-0.1, -0.05) is 77.5 Å². The van der Waals surface area contributed by atoms with E-state index in [0.717, 1.165) is 22.4 Å². The van der Waals surface area contributed by atoms with E-state index >= 15 is 0 Å². The maximum atomic E-state index is 12.4. The lowest BCUT2D eigenvalue weighted by molar-refractivity contribution is 0.0836. The highest BCUT2D eigenvalue weighted by Crippen LogP contribution is 2.12. The number of hydrogen-bond donors (Lipinski definition) is 0. The number of allylic oxidation sites excluding steroid dienone is 5. The quantitative estimate of drug-likeness (QED) is 0.421. The Morgan fingerprint density at radius 1 is 0.882 bits per heavy atom. The van der Waals surface area contributed by atoms with E-state index in [1.165, 1.54) is 11.1 Å². The molecule has 1 aromatic carbocycles. The van der Waals surface area contributed by atoms with Crippen molar-refractivity contribution in [3.05, 3.63) is 101 Å². The number of carbonyl (C=O) groups is 1. The number of carbonyl (C=O) groups excluding carboxylic acids is 1. The summed E-state index contributed by atoms with van der Waals surface area (Å²) in [5.41, 5.74) is 7.40. The lowest BCUT2D eigenvalue weighted by atomic mass is 10.1. The fraction of sp³-hybridized carbons (Fsp3) is 0.419. The summed E-state index contributed by atoms with van der Waals surface area (Å²) in [5, 5.41) is 0. The molecule has 3 heteroatoms. The Morgan fingerprint density at radius 2 is 1.44 bits per heavy atom. The molecule has 0 saturated carbocycles. The van der Waals surface area contributed by atoms with Crippen LogP contribution < -0.4 is 0 Å². The standard InChI is InChI=1S/C18H23NO.C7H9N.3C2H6/c1-13(2)15(4)10-11-16(5)19(6)18(20)17-9-7-8-14(3)12-17;1-6-3-4-8-5-7(6)2;3*1-2/h7-12H,1H2,2-6H3;3-5H,1-2H3;3*1-2H3/b15-10+,16-11+;;;;. The second-order valence-corrected chi connectivity index (χ2v) is 7.13. The SMILES string of the molecule is C=C(C)/C(C)=C/C=C(\C)N(C)C(=O)c1cccc(C)c1.CC.CC.CC.Cc1ccncc1C. The zero-order valence-electron chi connectivity index (χ0n) is 24.2. The van der Waals surface area contributed by atoms with Crippen molar-refractivity contribution in [3.63, 3.8) is 0 Å². The van der Waals surface area contributed by atoms with Gasteiger partial charge >= 0.3 is 0 Å². The van der Waals surface area contributed by atoms with E-state index in [1.807, 2.05) is 124 Å². The highest BCUT2D eigenvalue weighted by atomic mass is 16.2. The van der Waals surface area contributed by atoms with Crippen molar-refractivity contribution in [2.45, 2.75) is 83.1 Å². The zero-order chi connectivity index (χ0) is 27.3. The second-order valence-electron chi connectivity index (χ2n) is 7.13. The molecule has 3 nitrogen and oxygen atoms in total. The fourth-order valence-electron chi connectivity index (χ4n) is 2.17. The first-order valence-electron chi connectivity index (χ1n) is 12.4. The van der Waals surface area contributed by atoms with Gasteiger partial charge in [0.15, 0.2) is 0 Å². The van der Waals surface area contributed by atoms with Crippen LogP contribution in [0.5, 0.6) is 0 Å². The first-order valence-corrected chi connectivity index (χ1v) is 12.4. The molecule has 0 bridgehead atoms. The lowest BCUT2D eigenvalue weighted by Crippen LogP contribution is -2.24. The molecule has 2 rings (SSSR count). The van der Waals surface area contributed by atoms with E-state index in [2.05, 4.69) is 25.4 Å². The normalized spacial score (nSPS) is 9.91. The Hall–Kier alpha value is -2.94. The van der Waals surface area contributed by atoms with Crippen molar-refractivity contribution in [1.82, 2.24) is 9.88 Å². The van der Waals surface area contributed by atoms with Crippen molar-refractivity contribution in [2.24, 2.45) is 0 Å². The Balaban J connectivity index is -0.000000567. The molecule has 0 radical (unpaired) electrons. The molecule has 0 aliphatic carbocycles. The number of amides is 1. The Kier molecular flexibility index (Phi) is 22.9. The van der Waals surface area contributed by atoms with Crippen molar-refractivity contribution in [1.29, 1.82) is 0 Å². The number of benzene rings is 1. The number of pyridine rings is 1. The van der Waals surface area contributed by atoms with Crippen LogP contribution in [0.3, 0.4) is 0 Å². The highest BCUT2D eigenvalue weighted by Gasteiger charge is 2.12. The molecule has 1 heterocycles. The minimum Gasteiger partial charge on any atom is -0.316 e. The number of rotatable bonds is 4. The van der Waals surface area contributed by atoms with Crippen LogP contribution in [-0.4, -0.2) is 22.8 Å². The summed E-state index contributed by atoms with van der Waals surface area (Å²) in [7, 11) is 1.79. The van der Waals surface area contributed by atoms with E-state index in [0.29, 0.717) is 5.56 Å². The van der Waals surface area contributed by atoms with Gasteiger partial charge in [0.25, 0.3) is 5.91 Å². The molecule has 2 aromatic rings. The van der Waals surface area contributed by atoms with Gasteiger partial charge in [-0.3, -0.25) is 9.78 Å². The van der Waals surface area contributed by atoms with Crippen LogP contribution in [0.4, 0.5) is 0 Å². The summed E-state index contributed by atoms with van der Waals surface area (Å²) in [6.07, 6.45) is 7.60. The third kappa shape index (κ3) is 15.0. The maximum absolute atomic E-state index is 12.4. The van der Waals surface area contributed by atoms with Gasteiger partial charge in [0.2, 0.25) is 0 Å². The highest BCUT2D eigenvalue weighted by molar-refractivity contribution is 5.95. The predicted octanol–water partition coefficient (Wildman–Crippen LogP) is 9.27. The molecule has 0 spiro atoms. The second kappa shape index (κ2) is 21.9. The summed E-state index contributed by atoms with van der Waals surface area (Å²) in [6.45, 7) is 27.9. The third-order valence-electron chi connectivity index (χ3n) is 4.65. The van der Waals surface area contributed by atoms with Crippen LogP contribution in [0, 0.1) is 20.8 Å². The Bertz CT molecular complexity index is 871.